The number of benzene rings is 2. The number of amides is 2. The third-order valence-corrected chi connectivity index (χ3v) is 8.78. The lowest BCUT2D eigenvalue weighted by atomic mass is 9.98. The summed E-state index contributed by atoms with van der Waals surface area (Å²) in [4.78, 5) is 28.2. The molecule has 2 aliphatic carbocycles. The number of rotatable bonds is 7. The number of sulfone groups is 1. The zero-order valence-corrected chi connectivity index (χ0v) is 21.5. The Kier molecular flexibility index (Phi) is 6.73. The van der Waals surface area contributed by atoms with E-state index in [1.54, 1.807) is 0 Å². The third kappa shape index (κ3) is 5.25. The van der Waals surface area contributed by atoms with Gasteiger partial charge in [0.05, 0.1) is 23.1 Å². The van der Waals surface area contributed by atoms with Crippen LogP contribution in [0.1, 0.15) is 58.8 Å². The van der Waals surface area contributed by atoms with Crippen LogP contribution in [0.3, 0.4) is 0 Å². The number of hydrogen-bond donors (Lipinski definition) is 2. The van der Waals surface area contributed by atoms with Gasteiger partial charge in [-0.2, -0.15) is 13.2 Å². The van der Waals surface area contributed by atoms with Crippen molar-refractivity contribution in [2.75, 3.05) is 6.26 Å². The van der Waals surface area contributed by atoms with Crippen molar-refractivity contribution < 1.29 is 45.1 Å². The second-order valence-corrected chi connectivity index (χ2v) is 12.5. The topological polar surface area (TPSA) is 104 Å². The van der Waals surface area contributed by atoms with E-state index in [9.17, 15) is 45.1 Å². The number of carbonyl (C=O) groups excluding carboxylic acids is 2. The summed E-state index contributed by atoms with van der Waals surface area (Å²) in [6.07, 6.45) is -2.12. The van der Waals surface area contributed by atoms with Crippen LogP contribution in [0.15, 0.2) is 35.2 Å². The molecule has 5 rings (SSSR count). The fourth-order valence-electron chi connectivity index (χ4n) is 5.39. The lowest BCUT2D eigenvalue weighted by Crippen LogP contribution is -2.49. The van der Waals surface area contributed by atoms with Crippen molar-refractivity contribution in [1.29, 1.82) is 0 Å². The van der Waals surface area contributed by atoms with Gasteiger partial charge in [0, 0.05) is 23.4 Å². The number of fused-ring (bicyclic) bond motifs is 1. The molecule has 2 aromatic rings. The highest BCUT2D eigenvalue weighted by atomic mass is 32.2. The molecular formula is C26H25F5N2O5S. The molecule has 0 radical (unpaired) electrons. The van der Waals surface area contributed by atoms with Gasteiger partial charge in [-0.1, -0.05) is 6.07 Å². The Morgan fingerprint density at radius 2 is 1.79 bits per heavy atom. The van der Waals surface area contributed by atoms with Crippen molar-refractivity contribution in [3.05, 3.63) is 64.2 Å². The smallest absolute Gasteiger partial charge is 0.392 e. The predicted molar refractivity (Wildman–Crippen MR) is 127 cm³/mol. The number of carbonyl (C=O) groups is 2. The van der Waals surface area contributed by atoms with Crippen molar-refractivity contribution in [3.8, 4) is 0 Å². The monoisotopic (exact) mass is 572 g/mol. The number of halogens is 5. The van der Waals surface area contributed by atoms with Gasteiger partial charge < -0.3 is 15.3 Å². The van der Waals surface area contributed by atoms with Gasteiger partial charge in [0.15, 0.2) is 9.84 Å². The number of nitrogens with one attached hydrogen (secondary N) is 1. The zero-order chi connectivity index (χ0) is 28.4. The van der Waals surface area contributed by atoms with Crippen molar-refractivity contribution >= 4 is 21.7 Å². The van der Waals surface area contributed by atoms with E-state index in [4.69, 9.17) is 0 Å². The second-order valence-electron chi connectivity index (χ2n) is 10.5. The quantitative estimate of drug-likeness (QED) is 0.492. The van der Waals surface area contributed by atoms with Gasteiger partial charge in [-0.05, 0) is 67.3 Å². The maximum absolute atomic E-state index is 14.8. The molecule has 0 bridgehead atoms. The minimum Gasteiger partial charge on any atom is -0.392 e. The van der Waals surface area contributed by atoms with Gasteiger partial charge in [-0.25, -0.2) is 17.2 Å². The van der Waals surface area contributed by atoms with E-state index < -0.39 is 69.3 Å². The Morgan fingerprint density at radius 3 is 2.38 bits per heavy atom. The molecule has 1 saturated heterocycles. The molecule has 1 aliphatic heterocycles. The van der Waals surface area contributed by atoms with Crippen LogP contribution in [0.4, 0.5) is 22.0 Å². The summed E-state index contributed by atoms with van der Waals surface area (Å²) < 4.78 is 92.3. The standard InChI is InChI=1S/C26H25F5N2O5S/c1-39(37,38)15-5-4-13(11-34)16(8-15)25(36)33-21-6-14(21)7-22(33)24(35)32-23(12-2-3-12)17-9-20(28)18(10-19(17)27)26(29,30)31/h4-5,8-10,12,14,21-23,34H,2-3,6-7,11H2,1H3,(H,32,35)/t14-,21-,22-,23?/m1/s1. The molecule has 0 aromatic heterocycles. The fourth-order valence-corrected chi connectivity index (χ4v) is 6.04. The number of piperidine rings is 1. The number of aliphatic hydroxyl groups excluding tert-OH is 1. The Hall–Kier alpha value is -3.06. The maximum atomic E-state index is 14.8. The molecule has 3 fully saturated rings. The third-order valence-electron chi connectivity index (χ3n) is 7.67. The molecule has 2 N–H and O–H groups in total. The van der Waals surface area contributed by atoms with E-state index >= 15 is 0 Å². The lowest BCUT2D eigenvalue weighted by Gasteiger charge is -2.30. The molecule has 2 saturated carbocycles. The highest BCUT2D eigenvalue weighted by molar-refractivity contribution is 7.90. The maximum Gasteiger partial charge on any atom is 0.419 e. The zero-order valence-electron chi connectivity index (χ0n) is 20.6. The number of hydrogen-bond acceptors (Lipinski definition) is 5. The summed E-state index contributed by atoms with van der Waals surface area (Å²) in [5.41, 5.74) is -2.04. The van der Waals surface area contributed by atoms with Crippen LogP contribution in [0.5, 0.6) is 0 Å². The molecule has 2 aromatic carbocycles. The lowest BCUT2D eigenvalue weighted by molar-refractivity contribution is -0.140. The number of likely N-dealkylation sites (tertiary alicyclic amines) is 1. The van der Waals surface area contributed by atoms with Gasteiger partial charge in [-0.15, -0.1) is 0 Å². The predicted octanol–water partition coefficient (Wildman–Crippen LogP) is 3.75. The van der Waals surface area contributed by atoms with Crippen LogP contribution in [-0.4, -0.2) is 48.6 Å². The normalized spacial score (nSPS) is 23.4. The first-order chi connectivity index (χ1) is 18.2. The largest absolute Gasteiger partial charge is 0.419 e. The molecule has 39 heavy (non-hydrogen) atoms. The van der Waals surface area contributed by atoms with Crippen LogP contribution in [-0.2, 0) is 27.4 Å². The van der Waals surface area contributed by atoms with Gasteiger partial charge >= 0.3 is 6.18 Å². The Morgan fingerprint density at radius 1 is 1.10 bits per heavy atom. The first-order valence-corrected chi connectivity index (χ1v) is 14.2. The average molecular weight is 573 g/mol. The van der Waals surface area contributed by atoms with Crippen molar-refractivity contribution in [2.45, 2.75) is 61.5 Å². The van der Waals surface area contributed by atoms with Crippen LogP contribution >= 0.6 is 0 Å². The molecule has 7 nitrogen and oxygen atoms in total. The van der Waals surface area contributed by atoms with E-state index in [1.807, 2.05) is 0 Å². The minimum absolute atomic E-state index is 0.0139. The molecular weight excluding hydrogens is 547 g/mol. The highest BCUT2D eigenvalue weighted by Crippen LogP contribution is 2.49. The summed E-state index contributed by atoms with van der Waals surface area (Å²) >= 11 is 0. The van der Waals surface area contributed by atoms with Crippen molar-refractivity contribution in [3.63, 3.8) is 0 Å². The van der Waals surface area contributed by atoms with E-state index in [2.05, 4.69) is 5.32 Å². The molecule has 3 aliphatic rings. The number of alkyl halides is 3. The van der Waals surface area contributed by atoms with Gasteiger partial charge in [-0.3, -0.25) is 9.59 Å². The van der Waals surface area contributed by atoms with Crippen molar-refractivity contribution in [1.82, 2.24) is 10.2 Å². The van der Waals surface area contributed by atoms with Crippen LogP contribution in [0, 0.1) is 23.5 Å². The minimum atomic E-state index is -5.09. The second kappa shape index (κ2) is 9.54. The first-order valence-electron chi connectivity index (χ1n) is 12.3. The molecule has 210 valence electrons. The average Bonchev–Trinajstić information content (AvgIpc) is 3.79. The Balaban J connectivity index is 1.43. The Bertz CT molecular complexity index is 1460. The summed E-state index contributed by atoms with van der Waals surface area (Å²) in [6, 6.07) is 1.89. The molecule has 4 atom stereocenters. The molecule has 2 amide bonds. The van der Waals surface area contributed by atoms with Gasteiger partial charge in [0.25, 0.3) is 5.91 Å². The van der Waals surface area contributed by atoms with Gasteiger partial charge in [0.2, 0.25) is 5.91 Å². The summed E-state index contributed by atoms with van der Waals surface area (Å²) in [5.74, 6) is -4.57. The summed E-state index contributed by atoms with van der Waals surface area (Å²) in [5, 5.41) is 12.4. The van der Waals surface area contributed by atoms with E-state index in [-0.39, 0.29) is 46.4 Å². The molecule has 1 heterocycles. The SMILES string of the molecule is CS(=O)(=O)c1ccc(CO)c(C(=O)N2[C@@H](C(=O)NC(c3cc(F)c(C(F)(F)F)cc3F)C3CC3)C[C@H]3C[C@H]32)c1. The number of aliphatic hydroxyl groups is 1. The van der Waals surface area contributed by atoms with E-state index in [1.165, 1.54) is 17.0 Å². The molecule has 1 unspecified atom stereocenters. The van der Waals surface area contributed by atoms with Gasteiger partial charge in [0.1, 0.15) is 17.7 Å². The molecule has 13 heteroatoms. The van der Waals surface area contributed by atoms with E-state index in [0.717, 1.165) is 12.3 Å². The van der Waals surface area contributed by atoms with Crippen LogP contribution < -0.4 is 5.32 Å². The fraction of sp³-hybridized carbons (Fsp3) is 0.462. The highest BCUT2D eigenvalue weighted by Gasteiger charge is 2.56. The number of nitrogens with zero attached hydrogens (tertiary/aromatic N) is 1. The van der Waals surface area contributed by atoms with Crippen LogP contribution in [0.25, 0.3) is 0 Å². The van der Waals surface area contributed by atoms with E-state index in [0.29, 0.717) is 25.3 Å². The first kappa shape index (κ1) is 27.5. The molecule has 0 spiro atoms. The van der Waals surface area contributed by atoms with Crippen molar-refractivity contribution in [2.24, 2.45) is 11.8 Å². The summed E-state index contributed by atoms with van der Waals surface area (Å²) in [7, 11) is -3.68. The summed E-state index contributed by atoms with van der Waals surface area (Å²) in [6.45, 7) is -0.549. The van der Waals surface area contributed by atoms with Crippen LogP contribution in [0.2, 0.25) is 0 Å². The Labute approximate surface area is 220 Å².